The highest BCUT2D eigenvalue weighted by Crippen LogP contribution is 2.29. The summed E-state index contributed by atoms with van der Waals surface area (Å²) >= 11 is 0. The summed E-state index contributed by atoms with van der Waals surface area (Å²) in [6.45, 7) is 2.96. The van der Waals surface area contributed by atoms with Gasteiger partial charge in [-0.3, -0.25) is 0 Å². The smallest absolute Gasteiger partial charge is 0.317 e. The van der Waals surface area contributed by atoms with Gasteiger partial charge in [-0.05, 0) is 49.9 Å². The molecule has 162 valence electrons. The van der Waals surface area contributed by atoms with E-state index in [4.69, 9.17) is 4.74 Å². The number of amides is 2. The van der Waals surface area contributed by atoms with Crippen LogP contribution in [0.1, 0.15) is 25.3 Å². The second-order valence-corrected chi connectivity index (χ2v) is 9.24. The van der Waals surface area contributed by atoms with Crippen molar-refractivity contribution in [3.05, 3.63) is 60.2 Å². The fourth-order valence-corrected chi connectivity index (χ4v) is 4.66. The maximum atomic E-state index is 12.7. The van der Waals surface area contributed by atoms with Crippen molar-refractivity contribution in [3.63, 3.8) is 0 Å². The van der Waals surface area contributed by atoms with Gasteiger partial charge in [-0.2, -0.15) is 0 Å². The molecule has 8 heteroatoms. The van der Waals surface area contributed by atoms with Crippen molar-refractivity contribution in [2.45, 2.75) is 38.3 Å². The number of likely N-dealkylation sites (tertiary alicyclic amines) is 1. The minimum absolute atomic E-state index is 0.177. The summed E-state index contributed by atoms with van der Waals surface area (Å²) in [5.41, 5.74) is 0.919. The van der Waals surface area contributed by atoms with E-state index in [1.54, 1.807) is 4.90 Å². The molecule has 1 fully saturated rings. The molecule has 0 aliphatic carbocycles. The van der Waals surface area contributed by atoms with Crippen LogP contribution in [0.2, 0.25) is 0 Å². The fraction of sp³-hybridized carbons (Fsp3) is 0.409. The average Bonchev–Trinajstić information content (AvgIpc) is 2.70. The Morgan fingerprint density at radius 3 is 2.53 bits per heavy atom. The zero-order chi connectivity index (χ0) is 21.6. The zero-order valence-corrected chi connectivity index (χ0v) is 18.2. The third kappa shape index (κ3) is 5.96. The number of rotatable bonds is 7. The number of carbonyl (C=O) groups is 1. The van der Waals surface area contributed by atoms with E-state index in [0.717, 1.165) is 24.0 Å². The van der Waals surface area contributed by atoms with Gasteiger partial charge in [0, 0.05) is 19.1 Å². The summed E-state index contributed by atoms with van der Waals surface area (Å²) in [5, 5.41) is 2.85. The molecule has 2 atom stereocenters. The minimum Gasteiger partial charge on any atom is -0.457 e. The highest BCUT2D eigenvalue weighted by Gasteiger charge is 2.36. The summed E-state index contributed by atoms with van der Waals surface area (Å²) in [4.78, 5) is 14.4. The number of nitrogens with one attached hydrogen (secondary N) is 2. The average molecular weight is 432 g/mol. The van der Waals surface area contributed by atoms with Crippen molar-refractivity contribution < 1.29 is 17.9 Å². The van der Waals surface area contributed by atoms with Crippen LogP contribution >= 0.6 is 0 Å². The standard InChI is InChI=1S/C22H29N3O4S/c1-3-23-22(26)25-15-9-13-19(24-30(2,27)28)20(25)16-17-10-7-8-14-21(17)29-18-11-5-4-6-12-18/h4-8,10-12,14,19-20,24H,3,9,13,15-16H2,1-2H3,(H,23,26)/t19-,20-/m0/s1. The molecule has 1 aliphatic heterocycles. The molecular formula is C22H29N3O4S. The molecule has 0 unspecified atom stereocenters. The van der Waals surface area contributed by atoms with E-state index in [0.29, 0.717) is 31.7 Å². The maximum Gasteiger partial charge on any atom is 0.317 e. The van der Waals surface area contributed by atoms with Gasteiger partial charge < -0.3 is 15.0 Å². The summed E-state index contributed by atoms with van der Waals surface area (Å²) < 4.78 is 32.7. The van der Waals surface area contributed by atoms with Crippen LogP contribution in [0, 0.1) is 0 Å². The van der Waals surface area contributed by atoms with Gasteiger partial charge in [0.15, 0.2) is 0 Å². The van der Waals surface area contributed by atoms with Gasteiger partial charge in [-0.15, -0.1) is 0 Å². The van der Waals surface area contributed by atoms with Gasteiger partial charge in [-0.1, -0.05) is 36.4 Å². The Labute approximate surface area is 178 Å². The first-order valence-electron chi connectivity index (χ1n) is 10.2. The largest absolute Gasteiger partial charge is 0.457 e. The van der Waals surface area contributed by atoms with E-state index in [1.165, 1.54) is 0 Å². The summed E-state index contributed by atoms with van der Waals surface area (Å²) in [7, 11) is -3.41. The molecule has 0 spiro atoms. The van der Waals surface area contributed by atoms with Crippen LogP contribution in [0.25, 0.3) is 0 Å². The highest BCUT2D eigenvalue weighted by molar-refractivity contribution is 7.88. The first-order valence-corrected chi connectivity index (χ1v) is 12.1. The van der Waals surface area contributed by atoms with Crippen LogP contribution in [0.3, 0.4) is 0 Å². The molecule has 1 heterocycles. The highest BCUT2D eigenvalue weighted by atomic mass is 32.2. The Balaban J connectivity index is 1.89. The number of para-hydroxylation sites is 2. The number of benzene rings is 2. The Morgan fingerprint density at radius 1 is 1.13 bits per heavy atom. The van der Waals surface area contributed by atoms with Crippen molar-refractivity contribution in [1.82, 2.24) is 14.9 Å². The molecule has 2 amide bonds. The number of nitrogens with zero attached hydrogens (tertiary/aromatic N) is 1. The van der Waals surface area contributed by atoms with E-state index >= 15 is 0 Å². The van der Waals surface area contributed by atoms with E-state index in [2.05, 4.69) is 10.0 Å². The van der Waals surface area contributed by atoms with Crippen molar-refractivity contribution in [3.8, 4) is 11.5 Å². The normalized spacial score (nSPS) is 19.3. The molecule has 1 saturated heterocycles. The SMILES string of the molecule is CCNC(=O)N1CCC[C@H](NS(C)(=O)=O)[C@@H]1Cc1ccccc1Oc1ccccc1. The molecule has 2 N–H and O–H groups in total. The quantitative estimate of drug-likeness (QED) is 0.705. The van der Waals surface area contributed by atoms with Crippen LogP contribution in [0.15, 0.2) is 54.6 Å². The number of hydrogen-bond acceptors (Lipinski definition) is 4. The van der Waals surface area contributed by atoms with Gasteiger partial charge in [0.1, 0.15) is 11.5 Å². The molecular weight excluding hydrogens is 402 g/mol. The molecule has 7 nitrogen and oxygen atoms in total. The first kappa shape index (κ1) is 22.1. The fourth-order valence-electron chi connectivity index (χ4n) is 3.84. The molecule has 0 saturated carbocycles. The number of hydrogen-bond donors (Lipinski definition) is 2. The molecule has 0 bridgehead atoms. The second-order valence-electron chi connectivity index (χ2n) is 7.46. The lowest BCUT2D eigenvalue weighted by atomic mass is 9.91. The summed E-state index contributed by atoms with van der Waals surface area (Å²) in [6, 6.07) is 16.3. The molecule has 2 aromatic carbocycles. The molecule has 1 aliphatic rings. The Bertz CT molecular complexity index is 950. The van der Waals surface area contributed by atoms with E-state index < -0.39 is 10.0 Å². The third-order valence-electron chi connectivity index (χ3n) is 5.11. The van der Waals surface area contributed by atoms with Crippen LogP contribution < -0.4 is 14.8 Å². The summed E-state index contributed by atoms with van der Waals surface area (Å²) in [6.07, 6.45) is 3.05. The van der Waals surface area contributed by atoms with Crippen molar-refractivity contribution in [1.29, 1.82) is 0 Å². The number of carbonyl (C=O) groups excluding carboxylic acids is 1. The van der Waals surface area contributed by atoms with Gasteiger partial charge >= 0.3 is 6.03 Å². The zero-order valence-electron chi connectivity index (χ0n) is 17.4. The molecule has 2 aromatic rings. The lowest BCUT2D eigenvalue weighted by Gasteiger charge is -2.41. The lowest BCUT2D eigenvalue weighted by molar-refractivity contribution is 0.133. The van der Waals surface area contributed by atoms with Gasteiger partial charge in [0.25, 0.3) is 0 Å². The monoisotopic (exact) mass is 431 g/mol. The van der Waals surface area contributed by atoms with Crippen LogP contribution in [-0.4, -0.2) is 50.8 Å². The minimum atomic E-state index is -3.41. The van der Waals surface area contributed by atoms with E-state index in [9.17, 15) is 13.2 Å². The predicted octanol–water partition coefficient (Wildman–Crippen LogP) is 3.13. The topological polar surface area (TPSA) is 87.7 Å². The maximum absolute atomic E-state index is 12.7. The molecule has 30 heavy (non-hydrogen) atoms. The molecule has 0 aromatic heterocycles. The Hall–Kier alpha value is -2.58. The van der Waals surface area contributed by atoms with E-state index in [1.807, 2.05) is 61.5 Å². The Kier molecular flexibility index (Phi) is 7.33. The number of urea groups is 1. The second kappa shape index (κ2) is 9.95. The van der Waals surface area contributed by atoms with Crippen LogP contribution in [0.5, 0.6) is 11.5 Å². The molecule has 0 radical (unpaired) electrons. The predicted molar refractivity (Wildman–Crippen MR) is 117 cm³/mol. The van der Waals surface area contributed by atoms with Crippen molar-refractivity contribution >= 4 is 16.1 Å². The van der Waals surface area contributed by atoms with Crippen LogP contribution in [-0.2, 0) is 16.4 Å². The number of piperidine rings is 1. The third-order valence-corrected chi connectivity index (χ3v) is 5.84. The lowest BCUT2D eigenvalue weighted by Crippen LogP contribution is -2.59. The van der Waals surface area contributed by atoms with Gasteiger partial charge in [0.2, 0.25) is 10.0 Å². The van der Waals surface area contributed by atoms with Gasteiger partial charge in [-0.25, -0.2) is 17.9 Å². The van der Waals surface area contributed by atoms with Crippen molar-refractivity contribution in [2.75, 3.05) is 19.3 Å². The number of ether oxygens (including phenoxy) is 1. The van der Waals surface area contributed by atoms with Crippen LogP contribution in [0.4, 0.5) is 4.79 Å². The van der Waals surface area contributed by atoms with Gasteiger partial charge in [0.05, 0.1) is 12.3 Å². The van der Waals surface area contributed by atoms with Crippen molar-refractivity contribution in [2.24, 2.45) is 0 Å². The first-order chi connectivity index (χ1) is 14.4. The Morgan fingerprint density at radius 2 is 1.83 bits per heavy atom. The number of sulfonamides is 1. The summed E-state index contributed by atoms with van der Waals surface area (Å²) in [5.74, 6) is 1.42. The molecule has 3 rings (SSSR count). The van der Waals surface area contributed by atoms with E-state index in [-0.39, 0.29) is 18.1 Å².